The second kappa shape index (κ2) is 14.9. The molecule has 0 bridgehead atoms. The van der Waals surface area contributed by atoms with Crippen LogP contribution >= 0.6 is 0 Å². The molecule has 1 aliphatic heterocycles. The van der Waals surface area contributed by atoms with E-state index >= 15 is 0 Å². The highest BCUT2D eigenvalue weighted by molar-refractivity contribution is 6.03. The Labute approximate surface area is 233 Å². The molecule has 11 nitrogen and oxygen atoms in total. The maximum Gasteiger partial charge on any atom is 0.247 e. The maximum absolute atomic E-state index is 13.7. The van der Waals surface area contributed by atoms with Crippen molar-refractivity contribution >= 4 is 29.4 Å². The Kier molecular flexibility index (Phi) is 13.2. The SMILES string of the molecule is CC[C@H](C)[C@H](NC)C(=O)N(C(C)=O)[C@H](C(=O)N[C@H](C(=O)N[C@@H](CC(C)C)C(=O)[C@@]1(C)CO1)[C@@H](C)O)[C@@H](C)CC. The van der Waals surface area contributed by atoms with Gasteiger partial charge in [-0.15, -0.1) is 0 Å². The van der Waals surface area contributed by atoms with Gasteiger partial charge in [0.2, 0.25) is 23.6 Å². The lowest BCUT2D eigenvalue weighted by molar-refractivity contribution is -0.155. The summed E-state index contributed by atoms with van der Waals surface area (Å²) in [7, 11) is 1.63. The van der Waals surface area contributed by atoms with Gasteiger partial charge in [0.25, 0.3) is 0 Å². The van der Waals surface area contributed by atoms with Gasteiger partial charge in [0.1, 0.15) is 17.7 Å². The number of ketones is 1. The van der Waals surface area contributed by atoms with E-state index in [4.69, 9.17) is 4.74 Å². The first-order valence-electron chi connectivity index (χ1n) is 14.0. The molecule has 0 radical (unpaired) electrons. The fourth-order valence-electron chi connectivity index (χ4n) is 4.61. The standard InChI is InChI=1S/C28H50N4O7/c1-11-16(5)21(29-10)27(38)32(19(8)34)23(17(6)12-2)26(37)31-22(18(7)33)25(36)30-20(13-15(3)4)24(35)28(9)14-39-28/h15-18,20-23,29,33H,11-14H2,1-10H3,(H,30,36)(H,31,37)/t16-,17-,18+,20-,21-,22-,23-,28+/m0/s1. The van der Waals surface area contributed by atoms with Gasteiger partial charge in [0.15, 0.2) is 5.78 Å². The Morgan fingerprint density at radius 3 is 1.85 bits per heavy atom. The molecule has 11 heteroatoms. The average Bonchev–Trinajstić information content (AvgIpc) is 3.61. The quantitative estimate of drug-likeness (QED) is 0.207. The zero-order valence-electron chi connectivity index (χ0n) is 25.3. The van der Waals surface area contributed by atoms with E-state index in [9.17, 15) is 29.1 Å². The predicted molar refractivity (Wildman–Crippen MR) is 147 cm³/mol. The molecular formula is C28H50N4O7. The molecule has 0 aromatic rings. The van der Waals surface area contributed by atoms with Gasteiger partial charge < -0.3 is 25.8 Å². The molecule has 1 fully saturated rings. The van der Waals surface area contributed by atoms with Crippen molar-refractivity contribution in [1.82, 2.24) is 20.9 Å². The first-order valence-corrected chi connectivity index (χ1v) is 14.0. The Morgan fingerprint density at radius 2 is 1.46 bits per heavy atom. The van der Waals surface area contributed by atoms with Gasteiger partial charge in [0, 0.05) is 6.92 Å². The number of aliphatic hydroxyl groups is 1. The van der Waals surface area contributed by atoms with Crippen molar-refractivity contribution in [1.29, 1.82) is 0 Å². The molecule has 0 saturated carbocycles. The number of imide groups is 1. The van der Waals surface area contributed by atoms with Crippen LogP contribution in [0.3, 0.4) is 0 Å². The van der Waals surface area contributed by atoms with E-state index in [-0.39, 0.29) is 24.2 Å². The summed E-state index contributed by atoms with van der Waals surface area (Å²) in [5.41, 5.74) is -0.958. The summed E-state index contributed by atoms with van der Waals surface area (Å²) in [5, 5.41) is 18.7. The second-order valence-corrected chi connectivity index (χ2v) is 11.5. The highest BCUT2D eigenvalue weighted by atomic mass is 16.6. The molecule has 4 amide bonds. The minimum absolute atomic E-state index is 0.0803. The molecule has 1 saturated heterocycles. The van der Waals surface area contributed by atoms with Gasteiger partial charge in [0.05, 0.1) is 24.8 Å². The van der Waals surface area contributed by atoms with E-state index in [1.165, 1.54) is 13.8 Å². The number of hydrogen-bond donors (Lipinski definition) is 4. The molecular weight excluding hydrogens is 504 g/mol. The summed E-state index contributed by atoms with van der Waals surface area (Å²) >= 11 is 0. The van der Waals surface area contributed by atoms with Crippen LogP contribution in [0.2, 0.25) is 0 Å². The van der Waals surface area contributed by atoms with Crippen molar-refractivity contribution < 1.29 is 33.8 Å². The number of amides is 4. The topological polar surface area (TPSA) is 157 Å². The molecule has 1 rings (SSSR count). The zero-order chi connectivity index (χ0) is 30.2. The molecule has 1 aliphatic rings. The Morgan fingerprint density at radius 1 is 0.923 bits per heavy atom. The highest BCUT2D eigenvalue weighted by Crippen LogP contribution is 2.29. The first-order chi connectivity index (χ1) is 18.1. The van der Waals surface area contributed by atoms with E-state index in [0.717, 1.165) is 4.90 Å². The van der Waals surface area contributed by atoms with Crippen molar-refractivity contribution in [3.05, 3.63) is 0 Å². The van der Waals surface area contributed by atoms with Crippen molar-refractivity contribution in [3.8, 4) is 0 Å². The van der Waals surface area contributed by atoms with Crippen LogP contribution in [0, 0.1) is 17.8 Å². The third-order valence-corrected chi connectivity index (χ3v) is 7.60. The van der Waals surface area contributed by atoms with Crippen LogP contribution in [0.1, 0.15) is 81.6 Å². The third-order valence-electron chi connectivity index (χ3n) is 7.60. The van der Waals surface area contributed by atoms with Gasteiger partial charge in [-0.25, -0.2) is 0 Å². The molecule has 0 aromatic heterocycles. The molecule has 0 aromatic carbocycles. The van der Waals surface area contributed by atoms with Crippen molar-refractivity contribution in [2.75, 3.05) is 13.7 Å². The van der Waals surface area contributed by atoms with Crippen LogP contribution in [0.25, 0.3) is 0 Å². The fraction of sp³-hybridized carbons (Fsp3) is 0.821. The molecule has 0 spiro atoms. The second-order valence-electron chi connectivity index (χ2n) is 11.5. The predicted octanol–water partition coefficient (Wildman–Crippen LogP) is 1.16. The van der Waals surface area contributed by atoms with Crippen molar-refractivity contribution in [3.63, 3.8) is 0 Å². The number of carbonyl (C=O) groups is 5. The van der Waals surface area contributed by atoms with Crippen molar-refractivity contribution in [2.45, 2.75) is 117 Å². The number of hydrogen-bond acceptors (Lipinski definition) is 8. The lowest BCUT2D eigenvalue weighted by Crippen LogP contribution is -2.63. The third kappa shape index (κ3) is 9.08. The van der Waals surface area contributed by atoms with E-state index < -0.39 is 65.4 Å². The Hall–Kier alpha value is -2.37. The smallest absolute Gasteiger partial charge is 0.247 e. The van der Waals surface area contributed by atoms with Crippen molar-refractivity contribution in [2.24, 2.45) is 17.8 Å². The van der Waals surface area contributed by atoms with E-state index in [0.29, 0.717) is 19.3 Å². The summed E-state index contributed by atoms with van der Waals surface area (Å²) in [6.45, 7) is 15.7. The van der Waals surface area contributed by atoms with E-state index in [2.05, 4.69) is 16.0 Å². The largest absolute Gasteiger partial charge is 0.391 e. The van der Waals surface area contributed by atoms with Crippen LogP contribution in [-0.4, -0.2) is 88.9 Å². The number of rotatable bonds is 16. The number of nitrogens with one attached hydrogen (secondary N) is 3. The summed E-state index contributed by atoms with van der Waals surface area (Å²) < 4.78 is 5.27. The van der Waals surface area contributed by atoms with Crippen LogP contribution in [0.15, 0.2) is 0 Å². The number of ether oxygens (including phenoxy) is 1. The number of aliphatic hydroxyl groups excluding tert-OH is 1. The molecule has 1 heterocycles. The highest BCUT2D eigenvalue weighted by Gasteiger charge is 2.50. The van der Waals surface area contributed by atoms with Gasteiger partial charge in [-0.05, 0) is 45.1 Å². The fourth-order valence-corrected chi connectivity index (χ4v) is 4.61. The monoisotopic (exact) mass is 554 g/mol. The van der Waals surface area contributed by atoms with Crippen LogP contribution in [-0.2, 0) is 28.7 Å². The lowest BCUT2D eigenvalue weighted by atomic mass is 9.92. The minimum atomic E-state index is -1.42. The molecule has 0 aliphatic carbocycles. The van der Waals surface area contributed by atoms with Crippen LogP contribution in [0.5, 0.6) is 0 Å². The van der Waals surface area contributed by atoms with Crippen LogP contribution in [0.4, 0.5) is 0 Å². The Bertz CT molecular complexity index is 887. The summed E-state index contributed by atoms with van der Waals surface area (Å²) in [5.74, 6) is -3.33. The number of carbonyl (C=O) groups excluding carboxylic acids is 5. The minimum Gasteiger partial charge on any atom is -0.391 e. The normalized spacial score (nSPS) is 22.1. The number of epoxide rings is 1. The Balaban J connectivity index is 3.30. The average molecular weight is 555 g/mol. The van der Waals surface area contributed by atoms with Crippen LogP contribution < -0.4 is 16.0 Å². The number of Topliss-reactive ketones (excluding diaryl/α,β-unsaturated/α-hetero) is 1. The van der Waals surface area contributed by atoms with Gasteiger partial charge in [-0.2, -0.15) is 0 Å². The molecule has 4 N–H and O–H groups in total. The molecule has 8 atom stereocenters. The van der Waals surface area contributed by atoms with E-state index in [1.807, 2.05) is 34.6 Å². The summed E-state index contributed by atoms with van der Waals surface area (Å²) in [6, 6.07) is -4.18. The van der Waals surface area contributed by atoms with Gasteiger partial charge in [-0.1, -0.05) is 54.4 Å². The van der Waals surface area contributed by atoms with Gasteiger partial charge in [-0.3, -0.25) is 28.9 Å². The summed E-state index contributed by atoms with van der Waals surface area (Å²) in [6.07, 6.45) is 0.180. The van der Waals surface area contributed by atoms with E-state index in [1.54, 1.807) is 20.9 Å². The summed E-state index contributed by atoms with van der Waals surface area (Å²) in [4.78, 5) is 67.3. The molecule has 224 valence electrons. The number of likely N-dealkylation sites (N-methyl/N-ethyl adjacent to an activating group) is 1. The zero-order valence-corrected chi connectivity index (χ0v) is 25.3. The first kappa shape index (κ1) is 34.7. The molecule has 0 unspecified atom stereocenters. The molecule has 39 heavy (non-hydrogen) atoms. The van der Waals surface area contributed by atoms with Gasteiger partial charge >= 0.3 is 0 Å². The number of nitrogens with zero attached hydrogens (tertiary/aromatic N) is 1. The lowest BCUT2D eigenvalue weighted by Gasteiger charge is -2.36. The maximum atomic E-state index is 13.7.